The van der Waals surface area contributed by atoms with Gasteiger partial charge in [-0.05, 0) is 41.3 Å². The molecule has 0 heterocycles. The maximum atomic E-state index is 13.1. The summed E-state index contributed by atoms with van der Waals surface area (Å²) in [5.74, 6) is 0.144. The molecular formula is C27H30N2O3. The van der Waals surface area contributed by atoms with E-state index in [1.807, 2.05) is 50.2 Å². The molecule has 3 aromatic rings. The first-order valence-corrected chi connectivity index (χ1v) is 10.8. The third-order valence-corrected chi connectivity index (χ3v) is 5.47. The highest BCUT2D eigenvalue weighted by Crippen LogP contribution is 2.23. The van der Waals surface area contributed by atoms with Gasteiger partial charge in [-0.3, -0.25) is 9.59 Å². The molecule has 0 fully saturated rings. The second-order valence-corrected chi connectivity index (χ2v) is 8.04. The van der Waals surface area contributed by atoms with Crippen LogP contribution >= 0.6 is 0 Å². The highest BCUT2D eigenvalue weighted by Gasteiger charge is 2.26. The van der Waals surface area contributed by atoms with Gasteiger partial charge < -0.3 is 15.4 Å². The van der Waals surface area contributed by atoms with Crippen LogP contribution in [-0.2, 0) is 4.79 Å². The van der Waals surface area contributed by atoms with E-state index in [1.54, 1.807) is 31.4 Å². The minimum atomic E-state index is -0.642. The summed E-state index contributed by atoms with van der Waals surface area (Å²) in [5.41, 5.74) is 2.74. The molecule has 5 nitrogen and oxygen atoms in total. The smallest absolute Gasteiger partial charge is 0.251 e. The van der Waals surface area contributed by atoms with Crippen molar-refractivity contribution in [2.75, 3.05) is 13.7 Å². The lowest BCUT2D eigenvalue weighted by molar-refractivity contribution is -0.123. The first-order valence-electron chi connectivity index (χ1n) is 10.8. The fourth-order valence-corrected chi connectivity index (χ4v) is 3.61. The van der Waals surface area contributed by atoms with Crippen LogP contribution in [0.2, 0.25) is 0 Å². The molecule has 3 aromatic carbocycles. The van der Waals surface area contributed by atoms with Crippen LogP contribution < -0.4 is 15.4 Å². The van der Waals surface area contributed by atoms with E-state index in [-0.39, 0.29) is 23.7 Å². The van der Waals surface area contributed by atoms with Crippen molar-refractivity contribution < 1.29 is 14.3 Å². The van der Waals surface area contributed by atoms with Gasteiger partial charge in [0, 0.05) is 18.0 Å². The lowest BCUT2D eigenvalue weighted by atomic mass is 9.91. The van der Waals surface area contributed by atoms with Gasteiger partial charge in [0.25, 0.3) is 5.91 Å². The quantitative estimate of drug-likeness (QED) is 0.529. The molecule has 32 heavy (non-hydrogen) atoms. The molecule has 1 atom stereocenters. The predicted octanol–water partition coefficient (Wildman–Crippen LogP) is 4.40. The van der Waals surface area contributed by atoms with Crippen molar-refractivity contribution in [2.24, 2.45) is 5.92 Å². The Kier molecular flexibility index (Phi) is 8.03. The molecule has 0 saturated heterocycles. The van der Waals surface area contributed by atoms with E-state index in [9.17, 15) is 9.59 Å². The number of benzene rings is 3. The Morgan fingerprint density at radius 2 is 1.34 bits per heavy atom. The SMILES string of the molecule is COc1ccc(C(=O)NC(C(=O)NCC(c2ccccc2)c2ccccc2)C(C)C)cc1. The van der Waals surface area contributed by atoms with Crippen LogP contribution in [0.15, 0.2) is 84.9 Å². The Morgan fingerprint density at radius 1 is 0.812 bits per heavy atom. The molecule has 0 aliphatic rings. The van der Waals surface area contributed by atoms with E-state index in [0.717, 1.165) is 11.1 Å². The molecule has 2 N–H and O–H groups in total. The molecule has 0 saturated carbocycles. The van der Waals surface area contributed by atoms with Crippen LogP contribution in [0.5, 0.6) is 5.75 Å². The van der Waals surface area contributed by atoms with E-state index >= 15 is 0 Å². The molecule has 1 unspecified atom stereocenters. The first-order chi connectivity index (χ1) is 15.5. The van der Waals surface area contributed by atoms with Gasteiger partial charge in [-0.25, -0.2) is 0 Å². The van der Waals surface area contributed by atoms with Gasteiger partial charge in [-0.15, -0.1) is 0 Å². The van der Waals surface area contributed by atoms with Crippen LogP contribution in [0.3, 0.4) is 0 Å². The van der Waals surface area contributed by atoms with Crippen molar-refractivity contribution in [2.45, 2.75) is 25.8 Å². The predicted molar refractivity (Wildman–Crippen MR) is 127 cm³/mol. The van der Waals surface area contributed by atoms with Crippen molar-refractivity contribution in [3.05, 3.63) is 102 Å². The molecule has 5 heteroatoms. The number of rotatable bonds is 9. The van der Waals surface area contributed by atoms with Crippen molar-refractivity contribution >= 4 is 11.8 Å². The van der Waals surface area contributed by atoms with Crippen LogP contribution in [0, 0.1) is 5.92 Å². The Hall–Kier alpha value is -3.60. The summed E-state index contributed by atoms with van der Waals surface area (Å²) in [4.78, 5) is 25.8. The average Bonchev–Trinajstić information content (AvgIpc) is 2.83. The highest BCUT2D eigenvalue weighted by molar-refractivity contribution is 5.97. The maximum absolute atomic E-state index is 13.1. The Balaban J connectivity index is 1.70. The minimum Gasteiger partial charge on any atom is -0.497 e. The molecule has 0 spiro atoms. The van der Waals surface area contributed by atoms with Gasteiger partial charge >= 0.3 is 0 Å². The fourth-order valence-electron chi connectivity index (χ4n) is 3.61. The molecule has 0 bridgehead atoms. The Morgan fingerprint density at radius 3 is 1.81 bits per heavy atom. The fraction of sp³-hybridized carbons (Fsp3) is 0.259. The maximum Gasteiger partial charge on any atom is 0.251 e. The molecular weight excluding hydrogens is 400 g/mol. The lowest BCUT2D eigenvalue weighted by Crippen LogP contribution is -2.50. The van der Waals surface area contributed by atoms with E-state index < -0.39 is 6.04 Å². The van der Waals surface area contributed by atoms with Crippen molar-refractivity contribution in [3.8, 4) is 5.75 Å². The van der Waals surface area contributed by atoms with Gasteiger partial charge in [-0.2, -0.15) is 0 Å². The summed E-state index contributed by atoms with van der Waals surface area (Å²) >= 11 is 0. The summed E-state index contributed by atoms with van der Waals surface area (Å²) in [6.07, 6.45) is 0. The van der Waals surface area contributed by atoms with Crippen LogP contribution in [0.4, 0.5) is 0 Å². The molecule has 166 valence electrons. The molecule has 0 radical (unpaired) electrons. The topological polar surface area (TPSA) is 67.4 Å². The van der Waals surface area contributed by atoms with E-state index in [0.29, 0.717) is 17.9 Å². The minimum absolute atomic E-state index is 0.0199. The van der Waals surface area contributed by atoms with E-state index in [4.69, 9.17) is 4.74 Å². The van der Waals surface area contributed by atoms with E-state index in [1.165, 1.54) is 0 Å². The molecule has 3 rings (SSSR count). The third kappa shape index (κ3) is 5.97. The monoisotopic (exact) mass is 430 g/mol. The summed E-state index contributed by atoms with van der Waals surface area (Å²) in [7, 11) is 1.58. The lowest BCUT2D eigenvalue weighted by Gasteiger charge is -2.24. The number of hydrogen-bond acceptors (Lipinski definition) is 3. The highest BCUT2D eigenvalue weighted by atomic mass is 16.5. The Labute approximate surface area is 189 Å². The molecule has 0 aliphatic carbocycles. The van der Waals surface area contributed by atoms with Crippen molar-refractivity contribution in [3.63, 3.8) is 0 Å². The summed E-state index contributed by atoms with van der Waals surface area (Å²) in [6, 6.07) is 26.4. The van der Waals surface area contributed by atoms with E-state index in [2.05, 4.69) is 34.9 Å². The van der Waals surface area contributed by atoms with Crippen LogP contribution in [0.25, 0.3) is 0 Å². The first kappa shape index (κ1) is 23.1. The summed E-state index contributed by atoms with van der Waals surface area (Å²) < 4.78 is 5.14. The number of hydrogen-bond donors (Lipinski definition) is 2. The second kappa shape index (κ2) is 11.1. The summed E-state index contributed by atoms with van der Waals surface area (Å²) in [5, 5.41) is 5.94. The molecule has 2 amide bonds. The molecule has 0 aliphatic heterocycles. The average molecular weight is 431 g/mol. The van der Waals surface area contributed by atoms with Gasteiger partial charge in [0.05, 0.1) is 7.11 Å². The zero-order valence-electron chi connectivity index (χ0n) is 18.7. The van der Waals surface area contributed by atoms with Gasteiger partial charge in [0.1, 0.15) is 11.8 Å². The normalized spacial score (nSPS) is 11.8. The van der Waals surface area contributed by atoms with Gasteiger partial charge in [-0.1, -0.05) is 74.5 Å². The Bertz CT molecular complexity index is 963. The second-order valence-electron chi connectivity index (χ2n) is 8.04. The zero-order chi connectivity index (χ0) is 22.9. The number of ether oxygens (including phenoxy) is 1. The van der Waals surface area contributed by atoms with Gasteiger partial charge in [0.2, 0.25) is 5.91 Å². The van der Waals surface area contributed by atoms with Crippen molar-refractivity contribution in [1.82, 2.24) is 10.6 Å². The number of carbonyl (C=O) groups excluding carboxylic acids is 2. The number of carbonyl (C=O) groups is 2. The summed E-state index contributed by atoms with van der Waals surface area (Å²) in [6.45, 7) is 4.28. The standard InChI is InChI=1S/C27H30N2O3/c1-19(2)25(29-26(30)22-14-16-23(32-3)17-15-22)27(31)28-18-24(20-10-6-4-7-11-20)21-12-8-5-9-13-21/h4-17,19,24-25H,18H2,1-3H3,(H,28,31)(H,29,30). The van der Waals surface area contributed by atoms with Gasteiger partial charge in [0.15, 0.2) is 0 Å². The number of amides is 2. The molecule has 0 aromatic heterocycles. The van der Waals surface area contributed by atoms with Crippen LogP contribution in [0.1, 0.15) is 41.3 Å². The number of nitrogens with one attached hydrogen (secondary N) is 2. The van der Waals surface area contributed by atoms with Crippen molar-refractivity contribution in [1.29, 1.82) is 0 Å². The van der Waals surface area contributed by atoms with Crippen LogP contribution in [-0.4, -0.2) is 31.5 Å². The largest absolute Gasteiger partial charge is 0.497 e. The third-order valence-electron chi connectivity index (χ3n) is 5.47. The zero-order valence-corrected chi connectivity index (χ0v) is 18.7. The number of methoxy groups -OCH3 is 1.